The van der Waals surface area contributed by atoms with Crippen molar-refractivity contribution in [2.24, 2.45) is 5.92 Å². The maximum absolute atomic E-state index is 12.2. The molecule has 0 saturated carbocycles. The molecule has 8 heteroatoms. The van der Waals surface area contributed by atoms with E-state index in [0.29, 0.717) is 19.4 Å². The molecular weight excluding hydrogens is 424 g/mol. The van der Waals surface area contributed by atoms with Crippen molar-refractivity contribution in [3.63, 3.8) is 0 Å². The number of benzene rings is 2. The number of nitrogens with one attached hydrogen (secondary N) is 2. The number of alkyl carbamates (subject to hydrolysis) is 1. The molecule has 2 aromatic carbocycles. The molecule has 1 aliphatic rings. The Kier molecular flexibility index (Phi) is 8.43. The Labute approximate surface area is 193 Å². The number of fused-ring (bicyclic) bond motifs is 3. The van der Waals surface area contributed by atoms with Gasteiger partial charge in [-0.15, -0.1) is 0 Å². The predicted molar refractivity (Wildman–Crippen MR) is 123 cm³/mol. The minimum absolute atomic E-state index is 0.00310. The van der Waals surface area contributed by atoms with Crippen molar-refractivity contribution in [1.29, 1.82) is 0 Å². The highest BCUT2D eigenvalue weighted by Crippen LogP contribution is 2.44. The molecule has 2 atom stereocenters. The third-order valence-corrected chi connectivity index (χ3v) is 5.80. The first kappa shape index (κ1) is 24.3. The Hall–Kier alpha value is -3.39. The summed E-state index contributed by atoms with van der Waals surface area (Å²) in [6, 6.07) is 16.3. The normalized spacial score (nSPS) is 14.0. The first-order valence-corrected chi connectivity index (χ1v) is 11.1. The highest BCUT2D eigenvalue weighted by Gasteiger charge is 2.29. The van der Waals surface area contributed by atoms with Crippen molar-refractivity contribution in [3.05, 3.63) is 59.7 Å². The SMILES string of the molecule is CC(CCCNC(=O)OCC1c2ccccc2-c2ccccc21)C(=O)NCC(O)CC(=O)O. The Bertz CT molecular complexity index is 947. The summed E-state index contributed by atoms with van der Waals surface area (Å²) in [6.45, 7) is 2.26. The first-order valence-electron chi connectivity index (χ1n) is 11.1. The highest BCUT2D eigenvalue weighted by atomic mass is 16.5. The Balaban J connectivity index is 1.37. The van der Waals surface area contributed by atoms with Gasteiger partial charge in [-0.25, -0.2) is 4.79 Å². The van der Waals surface area contributed by atoms with E-state index in [2.05, 4.69) is 34.9 Å². The number of ether oxygens (including phenoxy) is 1. The van der Waals surface area contributed by atoms with Gasteiger partial charge in [0.15, 0.2) is 0 Å². The number of carbonyl (C=O) groups is 3. The van der Waals surface area contributed by atoms with Gasteiger partial charge in [0, 0.05) is 24.9 Å². The van der Waals surface area contributed by atoms with Crippen LogP contribution >= 0.6 is 0 Å². The smallest absolute Gasteiger partial charge is 0.407 e. The highest BCUT2D eigenvalue weighted by molar-refractivity contribution is 5.79. The molecule has 8 nitrogen and oxygen atoms in total. The van der Waals surface area contributed by atoms with Crippen LogP contribution in [0.25, 0.3) is 11.1 Å². The van der Waals surface area contributed by atoms with Crippen LogP contribution in [0.3, 0.4) is 0 Å². The molecule has 4 N–H and O–H groups in total. The summed E-state index contributed by atoms with van der Waals surface area (Å²) in [6.07, 6.45) is -0.917. The zero-order valence-electron chi connectivity index (χ0n) is 18.6. The summed E-state index contributed by atoms with van der Waals surface area (Å²) in [5.41, 5.74) is 4.65. The van der Waals surface area contributed by atoms with Crippen LogP contribution in [-0.4, -0.2) is 54.0 Å². The van der Waals surface area contributed by atoms with Gasteiger partial charge in [-0.2, -0.15) is 0 Å². The third kappa shape index (κ3) is 6.55. The van der Waals surface area contributed by atoms with Gasteiger partial charge in [-0.3, -0.25) is 9.59 Å². The Morgan fingerprint density at radius 3 is 2.21 bits per heavy atom. The lowest BCUT2D eigenvalue weighted by molar-refractivity contribution is -0.139. The summed E-state index contributed by atoms with van der Waals surface area (Å²) in [5, 5.41) is 23.4. The quantitative estimate of drug-likeness (QED) is 0.387. The molecule has 0 heterocycles. The van der Waals surface area contributed by atoms with Crippen molar-refractivity contribution in [2.75, 3.05) is 19.7 Å². The molecule has 33 heavy (non-hydrogen) atoms. The topological polar surface area (TPSA) is 125 Å². The molecule has 1 aliphatic carbocycles. The minimum Gasteiger partial charge on any atom is -0.481 e. The zero-order chi connectivity index (χ0) is 23.8. The van der Waals surface area contributed by atoms with E-state index in [1.54, 1.807) is 6.92 Å². The summed E-state index contributed by atoms with van der Waals surface area (Å²) < 4.78 is 5.49. The molecule has 0 aliphatic heterocycles. The number of aliphatic hydroxyl groups excluding tert-OH is 1. The van der Waals surface area contributed by atoms with E-state index in [4.69, 9.17) is 9.84 Å². The van der Waals surface area contributed by atoms with Gasteiger partial charge in [-0.05, 0) is 35.1 Å². The fourth-order valence-electron chi connectivity index (χ4n) is 4.05. The van der Waals surface area contributed by atoms with E-state index in [0.717, 1.165) is 11.1 Å². The number of carbonyl (C=O) groups excluding carboxylic acids is 2. The van der Waals surface area contributed by atoms with Crippen LogP contribution in [0.5, 0.6) is 0 Å². The number of amides is 2. The second-order valence-corrected chi connectivity index (χ2v) is 8.29. The van der Waals surface area contributed by atoms with Crippen molar-refractivity contribution in [2.45, 2.75) is 38.2 Å². The van der Waals surface area contributed by atoms with Crippen LogP contribution in [0.1, 0.15) is 43.2 Å². The van der Waals surface area contributed by atoms with Gasteiger partial charge in [-0.1, -0.05) is 55.5 Å². The van der Waals surface area contributed by atoms with Crippen molar-refractivity contribution < 1.29 is 29.3 Å². The zero-order valence-corrected chi connectivity index (χ0v) is 18.6. The average molecular weight is 455 g/mol. The van der Waals surface area contributed by atoms with Crippen LogP contribution in [0, 0.1) is 5.92 Å². The molecule has 0 saturated heterocycles. The fraction of sp³-hybridized carbons (Fsp3) is 0.400. The number of hydrogen-bond donors (Lipinski definition) is 4. The molecule has 0 radical (unpaired) electrons. The summed E-state index contributed by atoms with van der Waals surface area (Å²) in [5.74, 6) is -1.71. The lowest BCUT2D eigenvalue weighted by Gasteiger charge is -2.15. The molecule has 0 aromatic heterocycles. The molecule has 3 rings (SSSR count). The molecule has 2 aromatic rings. The number of aliphatic hydroxyl groups is 1. The number of aliphatic carboxylic acids is 1. The van der Waals surface area contributed by atoms with Gasteiger partial charge in [0.2, 0.25) is 5.91 Å². The lowest BCUT2D eigenvalue weighted by Crippen LogP contribution is -2.36. The molecular formula is C25H30N2O6. The standard InChI is InChI=1S/C25H30N2O6/c1-16(24(31)27-14-17(28)13-23(29)30)7-6-12-26-25(32)33-15-22-20-10-4-2-8-18(20)19-9-3-5-11-21(19)22/h2-5,8-11,16-17,22,28H,6-7,12-15H2,1H3,(H,26,32)(H,27,31)(H,29,30). The largest absolute Gasteiger partial charge is 0.481 e. The number of hydrogen-bond acceptors (Lipinski definition) is 5. The van der Waals surface area contributed by atoms with Gasteiger partial charge in [0.05, 0.1) is 12.5 Å². The van der Waals surface area contributed by atoms with Gasteiger partial charge in [0.1, 0.15) is 6.61 Å². The van der Waals surface area contributed by atoms with Crippen LogP contribution < -0.4 is 10.6 Å². The summed E-state index contributed by atoms with van der Waals surface area (Å²) in [4.78, 5) is 34.7. The summed E-state index contributed by atoms with van der Waals surface area (Å²) >= 11 is 0. The van der Waals surface area contributed by atoms with Crippen molar-refractivity contribution >= 4 is 18.0 Å². The fourth-order valence-corrected chi connectivity index (χ4v) is 4.05. The number of carboxylic acids is 1. The maximum atomic E-state index is 12.2. The summed E-state index contributed by atoms with van der Waals surface area (Å²) in [7, 11) is 0. The van der Waals surface area contributed by atoms with Crippen LogP contribution in [0.2, 0.25) is 0 Å². The third-order valence-electron chi connectivity index (χ3n) is 5.80. The molecule has 0 spiro atoms. The second-order valence-electron chi connectivity index (χ2n) is 8.29. The first-order chi connectivity index (χ1) is 15.9. The van der Waals surface area contributed by atoms with E-state index >= 15 is 0 Å². The van der Waals surface area contributed by atoms with E-state index in [-0.39, 0.29) is 30.9 Å². The van der Waals surface area contributed by atoms with E-state index < -0.39 is 24.6 Å². The van der Waals surface area contributed by atoms with E-state index in [1.165, 1.54) is 11.1 Å². The van der Waals surface area contributed by atoms with Crippen LogP contribution in [0.4, 0.5) is 4.79 Å². The second kappa shape index (κ2) is 11.5. The van der Waals surface area contributed by atoms with E-state index in [9.17, 15) is 19.5 Å². The molecule has 0 bridgehead atoms. The molecule has 0 fully saturated rings. The van der Waals surface area contributed by atoms with Gasteiger partial charge >= 0.3 is 12.1 Å². The molecule has 2 amide bonds. The van der Waals surface area contributed by atoms with E-state index in [1.807, 2.05) is 24.3 Å². The van der Waals surface area contributed by atoms with Crippen molar-refractivity contribution in [1.82, 2.24) is 10.6 Å². The number of rotatable bonds is 11. The average Bonchev–Trinajstić information content (AvgIpc) is 3.12. The van der Waals surface area contributed by atoms with Gasteiger partial charge in [0.25, 0.3) is 0 Å². The lowest BCUT2D eigenvalue weighted by atomic mass is 9.98. The van der Waals surface area contributed by atoms with Gasteiger partial charge < -0.3 is 25.6 Å². The molecule has 2 unspecified atom stereocenters. The predicted octanol–water partition coefficient (Wildman–Crippen LogP) is 2.89. The Morgan fingerprint density at radius 1 is 1.00 bits per heavy atom. The minimum atomic E-state index is -1.12. The number of carboxylic acid groups (broad SMARTS) is 1. The van der Waals surface area contributed by atoms with Crippen LogP contribution in [-0.2, 0) is 14.3 Å². The maximum Gasteiger partial charge on any atom is 0.407 e. The Morgan fingerprint density at radius 2 is 1.61 bits per heavy atom. The van der Waals surface area contributed by atoms with Crippen LogP contribution in [0.15, 0.2) is 48.5 Å². The monoisotopic (exact) mass is 454 g/mol. The molecule has 176 valence electrons. The van der Waals surface area contributed by atoms with Crippen molar-refractivity contribution in [3.8, 4) is 11.1 Å².